The van der Waals surface area contributed by atoms with E-state index in [1.807, 2.05) is 6.92 Å². The van der Waals surface area contributed by atoms with Gasteiger partial charge in [0.15, 0.2) is 0 Å². The fourth-order valence-corrected chi connectivity index (χ4v) is 2.85. The second-order valence-electron chi connectivity index (χ2n) is 4.07. The van der Waals surface area contributed by atoms with Crippen LogP contribution in [-0.2, 0) is 10.0 Å². The maximum atomic E-state index is 12.4. The Bertz CT molecular complexity index is 532. The first-order valence-electron chi connectivity index (χ1n) is 5.99. The van der Waals surface area contributed by atoms with E-state index < -0.39 is 10.0 Å². The highest BCUT2D eigenvalue weighted by Gasteiger charge is 2.20. The number of sulfonamides is 1. The number of aliphatic hydroxyl groups excluding tert-OH is 1. The summed E-state index contributed by atoms with van der Waals surface area (Å²) in [5.74, 6) is 0. The maximum absolute atomic E-state index is 12.4. The maximum Gasteiger partial charge on any atom is 0.263 e. The Morgan fingerprint density at radius 1 is 1.32 bits per heavy atom. The van der Waals surface area contributed by atoms with Gasteiger partial charge in [0, 0.05) is 12.7 Å². The van der Waals surface area contributed by atoms with Crippen LogP contribution in [-0.4, -0.2) is 31.0 Å². The van der Waals surface area contributed by atoms with Crippen molar-refractivity contribution >= 4 is 10.0 Å². The second kappa shape index (κ2) is 7.11. The summed E-state index contributed by atoms with van der Waals surface area (Å²) >= 11 is 0. The average molecular weight is 281 g/mol. The van der Waals surface area contributed by atoms with Gasteiger partial charge in [0.2, 0.25) is 0 Å². The third kappa shape index (κ3) is 4.22. The molecule has 0 bridgehead atoms. The lowest BCUT2D eigenvalue weighted by molar-refractivity contribution is 0.340. The number of benzene rings is 1. The van der Waals surface area contributed by atoms with Gasteiger partial charge in [-0.2, -0.15) is 0 Å². The molecule has 19 heavy (non-hydrogen) atoms. The van der Waals surface area contributed by atoms with Gasteiger partial charge in [-0.05, 0) is 31.6 Å². The van der Waals surface area contributed by atoms with Crippen LogP contribution in [0.2, 0.25) is 0 Å². The number of hydrogen-bond donors (Lipinski definition) is 1. The lowest BCUT2D eigenvalue weighted by Crippen LogP contribution is -2.27. The first-order chi connectivity index (χ1) is 9.02. The topological polar surface area (TPSA) is 57.6 Å². The molecular weight excluding hydrogens is 262 g/mol. The number of hydrogen-bond acceptors (Lipinski definition) is 3. The van der Waals surface area contributed by atoms with Crippen LogP contribution in [0.25, 0.3) is 0 Å². The highest BCUT2D eigenvalue weighted by molar-refractivity contribution is 7.89. The lowest BCUT2D eigenvalue weighted by atomic mass is 10.2. The van der Waals surface area contributed by atoms with Crippen LogP contribution in [0, 0.1) is 6.92 Å². The molecule has 0 saturated heterocycles. The summed E-state index contributed by atoms with van der Waals surface area (Å²) in [7, 11) is -3.57. The minimum atomic E-state index is -3.57. The molecule has 0 heterocycles. The van der Waals surface area contributed by atoms with Crippen molar-refractivity contribution in [3.8, 4) is 0 Å². The lowest BCUT2D eigenvalue weighted by Gasteiger charge is -2.20. The Hall–Kier alpha value is -1.59. The van der Waals surface area contributed by atoms with Crippen LogP contribution in [0.3, 0.4) is 0 Å². The van der Waals surface area contributed by atoms with Crippen LogP contribution < -0.4 is 0 Å². The summed E-state index contributed by atoms with van der Waals surface area (Å²) in [5.41, 5.74) is 1.00. The van der Waals surface area contributed by atoms with Gasteiger partial charge < -0.3 is 5.11 Å². The molecule has 104 valence electrons. The van der Waals surface area contributed by atoms with E-state index in [0.29, 0.717) is 13.0 Å². The fraction of sp³-hybridized carbons (Fsp3) is 0.286. The van der Waals surface area contributed by atoms with Crippen LogP contribution in [0.15, 0.2) is 54.1 Å². The van der Waals surface area contributed by atoms with Crippen LogP contribution >= 0.6 is 0 Å². The van der Waals surface area contributed by atoms with Crippen molar-refractivity contribution in [2.45, 2.75) is 18.2 Å². The van der Waals surface area contributed by atoms with Crippen molar-refractivity contribution in [1.82, 2.24) is 4.31 Å². The van der Waals surface area contributed by atoms with E-state index in [4.69, 9.17) is 5.11 Å². The van der Waals surface area contributed by atoms with E-state index in [1.54, 1.807) is 30.3 Å². The second-order valence-corrected chi connectivity index (χ2v) is 5.96. The van der Waals surface area contributed by atoms with Gasteiger partial charge in [0.05, 0.1) is 11.5 Å². The summed E-state index contributed by atoms with van der Waals surface area (Å²) in [4.78, 5) is 0.241. The monoisotopic (exact) mass is 281 g/mol. The normalized spacial score (nSPS) is 11.7. The Morgan fingerprint density at radius 2 is 1.95 bits per heavy atom. The van der Waals surface area contributed by atoms with Crippen LogP contribution in [0.1, 0.15) is 12.0 Å². The Balaban J connectivity index is 3.07. The van der Waals surface area contributed by atoms with E-state index in [2.05, 4.69) is 6.58 Å². The van der Waals surface area contributed by atoms with Gasteiger partial charge in [-0.3, -0.25) is 4.31 Å². The van der Waals surface area contributed by atoms with E-state index in [1.165, 1.54) is 16.6 Å². The number of aryl methyl sites for hydroxylation is 1. The molecule has 0 unspecified atom stereocenters. The zero-order valence-corrected chi connectivity index (χ0v) is 11.8. The Labute approximate surface area is 114 Å². The van der Waals surface area contributed by atoms with Gasteiger partial charge in [-0.15, -0.1) is 6.58 Å². The summed E-state index contributed by atoms with van der Waals surface area (Å²) in [6.45, 7) is 5.59. The first-order valence-corrected chi connectivity index (χ1v) is 7.43. The largest absolute Gasteiger partial charge is 0.392 e. The summed E-state index contributed by atoms with van der Waals surface area (Å²) in [6, 6.07) is 6.68. The van der Waals surface area contributed by atoms with Crippen molar-refractivity contribution in [3.63, 3.8) is 0 Å². The van der Waals surface area contributed by atoms with Crippen LogP contribution in [0.5, 0.6) is 0 Å². The van der Waals surface area contributed by atoms with E-state index in [0.717, 1.165) is 5.56 Å². The molecule has 0 saturated carbocycles. The molecule has 4 nitrogen and oxygen atoms in total. The van der Waals surface area contributed by atoms with Crippen molar-refractivity contribution in [2.75, 3.05) is 13.2 Å². The van der Waals surface area contributed by atoms with Gasteiger partial charge in [-0.25, -0.2) is 8.42 Å². The molecule has 0 amide bonds. The minimum Gasteiger partial charge on any atom is -0.392 e. The first kappa shape index (κ1) is 15.5. The van der Waals surface area contributed by atoms with E-state index in [-0.39, 0.29) is 11.5 Å². The van der Waals surface area contributed by atoms with Gasteiger partial charge in [0.25, 0.3) is 10.0 Å². The SMILES string of the molecule is C=CCCN(/C=C/CO)S(=O)(=O)c1ccc(C)cc1. The highest BCUT2D eigenvalue weighted by Crippen LogP contribution is 2.17. The Kier molecular flexibility index (Phi) is 5.79. The van der Waals surface area contributed by atoms with E-state index >= 15 is 0 Å². The minimum absolute atomic E-state index is 0.200. The standard InChI is InChI=1S/C14H19NO3S/c1-3-4-10-15(11-5-12-16)19(17,18)14-8-6-13(2)7-9-14/h3,5-9,11,16H,1,4,10,12H2,2H3/b11-5+. The molecule has 0 radical (unpaired) electrons. The molecular formula is C14H19NO3S. The molecule has 5 heteroatoms. The molecule has 0 spiro atoms. The predicted molar refractivity (Wildman–Crippen MR) is 76.1 cm³/mol. The number of aliphatic hydroxyl groups is 1. The Morgan fingerprint density at radius 3 is 2.47 bits per heavy atom. The smallest absolute Gasteiger partial charge is 0.263 e. The average Bonchev–Trinajstić information content (AvgIpc) is 2.39. The molecule has 1 N–H and O–H groups in total. The highest BCUT2D eigenvalue weighted by atomic mass is 32.2. The fourth-order valence-electron chi connectivity index (χ4n) is 1.50. The van der Waals surface area contributed by atoms with Crippen molar-refractivity contribution in [1.29, 1.82) is 0 Å². The molecule has 0 aliphatic heterocycles. The molecule has 1 rings (SSSR count). The number of nitrogens with zero attached hydrogens (tertiary/aromatic N) is 1. The van der Waals surface area contributed by atoms with Crippen molar-refractivity contribution in [3.05, 3.63) is 54.8 Å². The van der Waals surface area contributed by atoms with Gasteiger partial charge in [0.1, 0.15) is 0 Å². The quantitative estimate of drug-likeness (QED) is 0.778. The molecule has 0 aromatic heterocycles. The van der Waals surface area contributed by atoms with Crippen molar-refractivity contribution in [2.24, 2.45) is 0 Å². The van der Waals surface area contributed by atoms with Crippen molar-refractivity contribution < 1.29 is 13.5 Å². The molecule has 0 aliphatic rings. The third-order valence-corrected chi connectivity index (χ3v) is 4.35. The predicted octanol–water partition coefficient (Wildman–Crippen LogP) is 2.07. The zero-order valence-electron chi connectivity index (χ0n) is 11.0. The zero-order chi connectivity index (χ0) is 14.3. The van der Waals surface area contributed by atoms with E-state index in [9.17, 15) is 8.42 Å². The molecule has 1 aromatic rings. The molecule has 0 fully saturated rings. The van der Waals surface area contributed by atoms with Gasteiger partial charge >= 0.3 is 0 Å². The summed E-state index contributed by atoms with van der Waals surface area (Å²) in [6.07, 6.45) is 4.98. The third-order valence-electron chi connectivity index (χ3n) is 2.56. The van der Waals surface area contributed by atoms with Crippen LogP contribution in [0.4, 0.5) is 0 Å². The van der Waals surface area contributed by atoms with Gasteiger partial charge in [-0.1, -0.05) is 23.8 Å². The summed E-state index contributed by atoms with van der Waals surface area (Å²) in [5, 5.41) is 8.78. The molecule has 0 atom stereocenters. The number of rotatable bonds is 7. The molecule has 0 aliphatic carbocycles. The molecule has 1 aromatic carbocycles. The summed E-state index contributed by atoms with van der Waals surface area (Å²) < 4.78 is 26.0.